The fourth-order valence-electron chi connectivity index (χ4n) is 4.32. The second-order valence-electron chi connectivity index (χ2n) is 7.53. The van der Waals surface area contributed by atoms with Crippen molar-refractivity contribution >= 4 is 11.9 Å². The number of carboxylic acids is 2. The number of hydrogen-bond acceptors (Lipinski definition) is 4. The molecule has 0 heterocycles. The van der Waals surface area contributed by atoms with Crippen LogP contribution in [-0.2, 0) is 35.3 Å². The van der Waals surface area contributed by atoms with Crippen LogP contribution in [0.15, 0.2) is 36.4 Å². The summed E-state index contributed by atoms with van der Waals surface area (Å²) in [6, 6.07) is 11.1. The van der Waals surface area contributed by atoms with Gasteiger partial charge in [0, 0.05) is 25.7 Å². The van der Waals surface area contributed by atoms with Gasteiger partial charge in [0.2, 0.25) is 0 Å². The van der Waals surface area contributed by atoms with E-state index in [1.54, 1.807) is 0 Å². The Balaban J connectivity index is 2.06. The summed E-state index contributed by atoms with van der Waals surface area (Å²) in [5.41, 5.74) is 14.9. The summed E-state index contributed by atoms with van der Waals surface area (Å²) >= 11 is 0. The van der Waals surface area contributed by atoms with E-state index in [0.717, 1.165) is 33.4 Å². The van der Waals surface area contributed by atoms with E-state index >= 15 is 0 Å². The lowest BCUT2D eigenvalue weighted by molar-refractivity contribution is -0.144. The van der Waals surface area contributed by atoms with Crippen molar-refractivity contribution in [2.24, 2.45) is 11.5 Å². The minimum Gasteiger partial charge on any atom is -0.480 e. The molecule has 0 saturated heterocycles. The molecule has 0 bridgehead atoms. The lowest BCUT2D eigenvalue weighted by atomic mass is 9.84. The van der Waals surface area contributed by atoms with Crippen LogP contribution in [0.25, 0.3) is 11.1 Å². The monoisotopic (exact) mass is 352 g/mol. The first-order chi connectivity index (χ1) is 12.2. The Bertz CT molecular complexity index is 825. The summed E-state index contributed by atoms with van der Waals surface area (Å²) < 4.78 is 0. The van der Waals surface area contributed by atoms with Gasteiger partial charge in [-0.1, -0.05) is 36.4 Å². The highest BCUT2D eigenvalue weighted by atomic mass is 16.4. The Morgan fingerprint density at radius 2 is 0.962 bits per heavy atom. The summed E-state index contributed by atoms with van der Waals surface area (Å²) in [5.74, 6) is -2.08. The average Bonchev–Trinajstić information content (AvgIpc) is 2.78. The van der Waals surface area contributed by atoms with Gasteiger partial charge in [0.1, 0.15) is 11.1 Å². The van der Waals surface area contributed by atoms with Gasteiger partial charge in [-0.2, -0.15) is 0 Å². The van der Waals surface area contributed by atoms with Crippen LogP contribution in [0.4, 0.5) is 0 Å². The van der Waals surface area contributed by atoms with Crippen LogP contribution in [0.5, 0.6) is 0 Å². The Morgan fingerprint density at radius 1 is 0.692 bits per heavy atom. The first-order valence-electron chi connectivity index (χ1n) is 8.50. The minimum absolute atomic E-state index is 0.185. The van der Waals surface area contributed by atoms with Crippen LogP contribution < -0.4 is 11.5 Å². The van der Waals surface area contributed by atoms with Gasteiger partial charge in [-0.3, -0.25) is 9.59 Å². The Hall–Kier alpha value is -2.70. The van der Waals surface area contributed by atoms with Crippen molar-refractivity contribution in [2.75, 3.05) is 0 Å². The molecule has 0 saturated carbocycles. The Morgan fingerprint density at radius 3 is 1.19 bits per heavy atom. The van der Waals surface area contributed by atoms with Crippen molar-refractivity contribution in [2.45, 2.75) is 36.8 Å². The predicted molar refractivity (Wildman–Crippen MR) is 95.8 cm³/mol. The molecular weight excluding hydrogens is 332 g/mol. The van der Waals surface area contributed by atoms with Crippen molar-refractivity contribution in [3.8, 4) is 11.1 Å². The molecule has 6 heteroatoms. The van der Waals surface area contributed by atoms with E-state index in [4.69, 9.17) is 11.5 Å². The van der Waals surface area contributed by atoms with E-state index in [-0.39, 0.29) is 25.7 Å². The van der Waals surface area contributed by atoms with Gasteiger partial charge in [-0.05, 0) is 33.4 Å². The molecule has 0 radical (unpaired) electrons. The number of nitrogens with two attached hydrogens (primary N) is 2. The number of hydrogen-bond donors (Lipinski definition) is 4. The molecule has 26 heavy (non-hydrogen) atoms. The minimum atomic E-state index is -1.40. The third-order valence-electron chi connectivity index (χ3n) is 5.60. The molecule has 0 aliphatic heterocycles. The molecule has 4 rings (SSSR count). The van der Waals surface area contributed by atoms with Crippen molar-refractivity contribution in [1.82, 2.24) is 0 Å². The first-order valence-corrected chi connectivity index (χ1v) is 8.50. The lowest BCUT2D eigenvalue weighted by Crippen LogP contribution is -2.52. The smallest absolute Gasteiger partial charge is 0.324 e. The zero-order chi connectivity index (χ0) is 18.7. The van der Waals surface area contributed by atoms with E-state index in [1.807, 2.05) is 36.4 Å². The highest BCUT2D eigenvalue weighted by Crippen LogP contribution is 2.43. The molecule has 0 aromatic heterocycles. The van der Waals surface area contributed by atoms with Crippen LogP contribution in [-0.4, -0.2) is 33.2 Å². The third kappa shape index (κ3) is 2.34. The molecule has 2 aromatic rings. The summed E-state index contributed by atoms with van der Waals surface area (Å²) in [5, 5.41) is 19.4. The largest absolute Gasteiger partial charge is 0.480 e. The molecule has 2 aliphatic carbocycles. The van der Waals surface area contributed by atoms with Gasteiger partial charge >= 0.3 is 11.9 Å². The second-order valence-corrected chi connectivity index (χ2v) is 7.53. The van der Waals surface area contributed by atoms with Crippen molar-refractivity contribution < 1.29 is 19.8 Å². The molecule has 0 atom stereocenters. The highest BCUT2D eigenvalue weighted by Gasteiger charge is 2.43. The molecule has 2 aromatic carbocycles. The number of benzene rings is 2. The summed E-state index contributed by atoms with van der Waals surface area (Å²) in [7, 11) is 0. The second kappa shape index (κ2) is 5.40. The topological polar surface area (TPSA) is 127 Å². The maximum atomic E-state index is 11.9. The Kier molecular flexibility index (Phi) is 3.48. The van der Waals surface area contributed by atoms with Gasteiger partial charge in [-0.15, -0.1) is 0 Å². The van der Waals surface area contributed by atoms with Gasteiger partial charge in [0.05, 0.1) is 0 Å². The van der Waals surface area contributed by atoms with E-state index in [2.05, 4.69) is 0 Å². The van der Waals surface area contributed by atoms with E-state index in [0.29, 0.717) is 0 Å². The fraction of sp³-hybridized carbons (Fsp3) is 0.300. The summed E-state index contributed by atoms with van der Waals surface area (Å²) in [6.07, 6.45) is 0.739. The maximum Gasteiger partial charge on any atom is 0.324 e. The standard InChI is InChI=1S/C20H20N2O4/c21-19(17(23)24)7-11-3-1-4-12-8-20(22,18(25)26)10-14-6-2-5-13(9-19)16(14)15(11)12/h1-6H,7-10,21-22H2,(H,23,24)(H,25,26). The fourth-order valence-corrected chi connectivity index (χ4v) is 4.32. The van der Waals surface area contributed by atoms with Crippen LogP contribution in [0.1, 0.15) is 22.3 Å². The molecule has 6 N–H and O–H groups in total. The van der Waals surface area contributed by atoms with Gasteiger partial charge in [0.25, 0.3) is 0 Å². The normalized spacial score (nSPS) is 19.0. The van der Waals surface area contributed by atoms with Crippen molar-refractivity contribution in [3.05, 3.63) is 58.7 Å². The van der Waals surface area contributed by atoms with E-state index in [1.165, 1.54) is 0 Å². The van der Waals surface area contributed by atoms with Gasteiger partial charge in [-0.25, -0.2) is 0 Å². The average molecular weight is 352 g/mol. The zero-order valence-electron chi connectivity index (χ0n) is 14.2. The summed E-state index contributed by atoms with van der Waals surface area (Å²) in [6.45, 7) is 0. The Labute approximate surface area is 150 Å². The van der Waals surface area contributed by atoms with Gasteiger partial charge in [0.15, 0.2) is 0 Å². The number of aliphatic carboxylic acids is 2. The lowest BCUT2D eigenvalue weighted by Gasteiger charge is -2.26. The quantitative estimate of drug-likeness (QED) is 0.641. The molecule has 0 unspecified atom stereocenters. The van der Waals surface area contributed by atoms with Gasteiger partial charge < -0.3 is 21.7 Å². The maximum absolute atomic E-state index is 11.9. The van der Waals surface area contributed by atoms with Crippen LogP contribution in [0.2, 0.25) is 0 Å². The molecule has 0 spiro atoms. The van der Waals surface area contributed by atoms with Crippen molar-refractivity contribution in [1.29, 1.82) is 0 Å². The highest BCUT2D eigenvalue weighted by molar-refractivity contribution is 5.88. The molecular formula is C20H20N2O4. The SMILES string of the molecule is NC1(C(=O)O)Cc2cccc3c2-c2c(cccc2CC(N)(C(=O)O)C3)C1. The molecule has 134 valence electrons. The summed E-state index contributed by atoms with van der Waals surface area (Å²) in [4.78, 5) is 23.7. The third-order valence-corrected chi connectivity index (χ3v) is 5.60. The number of carbonyl (C=O) groups is 2. The molecule has 0 amide bonds. The first kappa shape index (κ1) is 16.8. The predicted octanol–water partition coefficient (Wildman–Crippen LogP) is 1.11. The van der Waals surface area contributed by atoms with E-state index < -0.39 is 23.0 Å². The molecule has 0 fully saturated rings. The number of rotatable bonds is 2. The van der Waals surface area contributed by atoms with Crippen LogP contribution in [0, 0.1) is 0 Å². The van der Waals surface area contributed by atoms with Crippen LogP contribution in [0.3, 0.4) is 0 Å². The van der Waals surface area contributed by atoms with E-state index in [9.17, 15) is 19.8 Å². The number of carboxylic acid groups (broad SMARTS) is 2. The molecule has 6 nitrogen and oxygen atoms in total. The zero-order valence-corrected chi connectivity index (χ0v) is 14.2. The van der Waals surface area contributed by atoms with Crippen molar-refractivity contribution in [3.63, 3.8) is 0 Å². The van der Waals surface area contributed by atoms with Crippen LogP contribution >= 0.6 is 0 Å². The molecule has 2 aliphatic rings.